The first kappa shape index (κ1) is 22.4. The van der Waals surface area contributed by atoms with Crippen LogP contribution in [0.25, 0.3) is 0 Å². The Balaban J connectivity index is 1.59. The van der Waals surface area contributed by atoms with Gasteiger partial charge in [-0.2, -0.15) is 4.31 Å². The van der Waals surface area contributed by atoms with E-state index in [1.54, 1.807) is 28.6 Å². The maximum Gasteiger partial charge on any atom is 0.243 e. The van der Waals surface area contributed by atoms with Crippen LogP contribution in [-0.4, -0.2) is 42.5 Å². The van der Waals surface area contributed by atoms with Crippen molar-refractivity contribution >= 4 is 15.8 Å². The van der Waals surface area contributed by atoms with Crippen molar-refractivity contribution in [3.05, 3.63) is 102 Å². The standard InChI is InChI=1S/C26H28N2O3S/c1-21(29)24-12-14-26(15-13-24)32(30,31)28(19-23-10-6-3-7-11-23)25-16-17-27(20-25)18-22-8-4-2-5-9-22/h2-15,25H,16-20H2,1H3. The number of carbonyl (C=O) groups excluding carboxylic acids is 1. The molecule has 1 fully saturated rings. The van der Waals surface area contributed by atoms with Crippen molar-refractivity contribution < 1.29 is 13.2 Å². The number of rotatable bonds is 8. The number of nitrogens with zero attached hydrogens (tertiary/aromatic N) is 2. The summed E-state index contributed by atoms with van der Waals surface area (Å²) >= 11 is 0. The first-order valence-electron chi connectivity index (χ1n) is 10.9. The highest BCUT2D eigenvalue weighted by atomic mass is 32.2. The van der Waals surface area contributed by atoms with Gasteiger partial charge in [-0.3, -0.25) is 9.69 Å². The van der Waals surface area contributed by atoms with E-state index in [-0.39, 0.29) is 16.7 Å². The molecule has 0 aliphatic carbocycles. The van der Waals surface area contributed by atoms with Crippen LogP contribution in [0.5, 0.6) is 0 Å². The molecule has 1 atom stereocenters. The lowest BCUT2D eigenvalue weighted by atomic mass is 10.2. The Labute approximate surface area is 190 Å². The van der Waals surface area contributed by atoms with E-state index in [0.717, 1.165) is 25.1 Å². The number of hydrogen-bond donors (Lipinski definition) is 0. The van der Waals surface area contributed by atoms with Crippen LogP contribution in [0.3, 0.4) is 0 Å². The van der Waals surface area contributed by atoms with Gasteiger partial charge in [-0.25, -0.2) is 8.42 Å². The van der Waals surface area contributed by atoms with Gasteiger partial charge in [0.05, 0.1) is 4.90 Å². The van der Waals surface area contributed by atoms with Gasteiger partial charge in [0.25, 0.3) is 0 Å². The van der Waals surface area contributed by atoms with Gasteiger partial charge in [-0.15, -0.1) is 0 Å². The first-order valence-corrected chi connectivity index (χ1v) is 12.3. The summed E-state index contributed by atoms with van der Waals surface area (Å²) in [7, 11) is -3.73. The topological polar surface area (TPSA) is 57.7 Å². The van der Waals surface area contributed by atoms with Crippen molar-refractivity contribution in [1.29, 1.82) is 0 Å². The molecule has 1 heterocycles. The maximum absolute atomic E-state index is 13.7. The second-order valence-electron chi connectivity index (χ2n) is 8.28. The van der Waals surface area contributed by atoms with Crippen molar-refractivity contribution in [2.24, 2.45) is 0 Å². The molecule has 1 unspecified atom stereocenters. The Kier molecular flexibility index (Phi) is 6.84. The van der Waals surface area contributed by atoms with Gasteiger partial charge in [0.15, 0.2) is 5.78 Å². The normalized spacial score (nSPS) is 17.0. The summed E-state index contributed by atoms with van der Waals surface area (Å²) in [6, 6.07) is 26.1. The van der Waals surface area contributed by atoms with Crippen LogP contribution >= 0.6 is 0 Å². The third-order valence-electron chi connectivity index (χ3n) is 5.95. The third-order valence-corrected chi connectivity index (χ3v) is 7.87. The summed E-state index contributed by atoms with van der Waals surface area (Å²) in [5.41, 5.74) is 2.69. The minimum Gasteiger partial charge on any atom is -0.297 e. The Bertz CT molecular complexity index is 1150. The molecule has 5 nitrogen and oxygen atoms in total. The highest BCUT2D eigenvalue weighted by Crippen LogP contribution is 2.27. The molecule has 0 spiro atoms. The van der Waals surface area contributed by atoms with E-state index in [4.69, 9.17) is 0 Å². The summed E-state index contributed by atoms with van der Waals surface area (Å²) in [5, 5.41) is 0. The molecule has 3 aromatic carbocycles. The minimum absolute atomic E-state index is 0.0811. The van der Waals surface area contributed by atoms with Crippen LogP contribution in [-0.2, 0) is 23.1 Å². The molecule has 0 N–H and O–H groups in total. The fourth-order valence-corrected chi connectivity index (χ4v) is 5.84. The van der Waals surface area contributed by atoms with E-state index in [9.17, 15) is 13.2 Å². The number of sulfonamides is 1. The van der Waals surface area contributed by atoms with Gasteiger partial charge in [-0.05, 0) is 36.6 Å². The van der Waals surface area contributed by atoms with Crippen LogP contribution in [0, 0.1) is 0 Å². The molecule has 0 aromatic heterocycles. The molecule has 0 radical (unpaired) electrons. The van der Waals surface area contributed by atoms with Gasteiger partial charge in [0.2, 0.25) is 10.0 Å². The van der Waals surface area contributed by atoms with Crippen LogP contribution < -0.4 is 0 Å². The number of likely N-dealkylation sites (tertiary alicyclic amines) is 1. The molecule has 32 heavy (non-hydrogen) atoms. The second kappa shape index (κ2) is 9.77. The summed E-state index contributed by atoms with van der Waals surface area (Å²) < 4.78 is 29.0. The summed E-state index contributed by atoms with van der Waals surface area (Å²) in [6.45, 7) is 4.15. The largest absolute Gasteiger partial charge is 0.297 e. The molecule has 1 aliphatic heterocycles. The molecular formula is C26H28N2O3S. The minimum atomic E-state index is -3.73. The summed E-state index contributed by atoms with van der Waals surface area (Å²) in [6.07, 6.45) is 0.782. The molecule has 1 aliphatic rings. The van der Waals surface area contributed by atoms with Gasteiger partial charge >= 0.3 is 0 Å². The molecule has 0 saturated carbocycles. The van der Waals surface area contributed by atoms with Gasteiger partial charge in [0.1, 0.15) is 0 Å². The molecule has 0 bridgehead atoms. The third kappa shape index (κ3) is 5.15. The average molecular weight is 449 g/mol. The smallest absolute Gasteiger partial charge is 0.243 e. The Morgan fingerprint density at radius 2 is 1.50 bits per heavy atom. The van der Waals surface area contributed by atoms with Crippen LogP contribution in [0.15, 0.2) is 89.8 Å². The number of ketones is 1. The highest BCUT2D eigenvalue weighted by Gasteiger charge is 2.36. The van der Waals surface area contributed by atoms with Crippen molar-refractivity contribution in [2.45, 2.75) is 37.4 Å². The summed E-state index contributed by atoms with van der Waals surface area (Å²) in [5.74, 6) is -0.0811. The predicted molar refractivity (Wildman–Crippen MR) is 126 cm³/mol. The Hall–Kier alpha value is -2.80. The zero-order valence-electron chi connectivity index (χ0n) is 18.2. The van der Waals surface area contributed by atoms with E-state index < -0.39 is 10.0 Å². The van der Waals surface area contributed by atoms with Crippen molar-refractivity contribution in [1.82, 2.24) is 9.21 Å². The van der Waals surface area contributed by atoms with E-state index >= 15 is 0 Å². The zero-order chi connectivity index (χ0) is 22.6. The fraction of sp³-hybridized carbons (Fsp3) is 0.269. The van der Waals surface area contributed by atoms with E-state index in [1.165, 1.54) is 12.5 Å². The lowest BCUT2D eigenvalue weighted by molar-refractivity contribution is 0.101. The molecule has 0 amide bonds. The van der Waals surface area contributed by atoms with E-state index in [2.05, 4.69) is 17.0 Å². The number of hydrogen-bond acceptors (Lipinski definition) is 4. The van der Waals surface area contributed by atoms with Crippen LogP contribution in [0.4, 0.5) is 0 Å². The zero-order valence-corrected chi connectivity index (χ0v) is 19.0. The fourth-order valence-electron chi connectivity index (χ4n) is 4.20. The van der Waals surface area contributed by atoms with E-state index in [0.29, 0.717) is 18.7 Å². The molecule has 3 aromatic rings. The maximum atomic E-state index is 13.7. The van der Waals surface area contributed by atoms with Crippen LogP contribution in [0.1, 0.15) is 34.8 Å². The molecule has 4 rings (SSSR count). The lowest BCUT2D eigenvalue weighted by Crippen LogP contribution is -2.41. The Morgan fingerprint density at radius 3 is 2.09 bits per heavy atom. The monoisotopic (exact) mass is 448 g/mol. The van der Waals surface area contributed by atoms with Crippen LogP contribution in [0.2, 0.25) is 0 Å². The second-order valence-corrected chi connectivity index (χ2v) is 10.2. The lowest BCUT2D eigenvalue weighted by Gasteiger charge is -2.28. The van der Waals surface area contributed by atoms with Crippen molar-refractivity contribution in [2.75, 3.05) is 13.1 Å². The van der Waals surface area contributed by atoms with E-state index in [1.807, 2.05) is 48.5 Å². The predicted octanol–water partition coefficient (Wildman–Crippen LogP) is 4.35. The van der Waals surface area contributed by atoms with Crippen molar-refractivity contribution in [3.63, 3.8) is 0 Å². The molecule has 166 valence electrons. The van der Waals surface area contributed by atoms with Gasteiger partial charge in [0, 0.05) is 37.8 Å². The van der Waals surface area contributed by atoms with Crippen molar-refractivity contribution in [3.8, 4) is 0 Å². The highest BCUT2D eigenvalue weighted by molar-refractivity contribution is 7.89. The number of carbonyl (C=O) groups is 1. The molecular weight excluding hydrogens is 420 g/mol. The molecule has 1 saturated heterocycles. The quantitative estimate of drug-likeness (QED) is 0.481. The molecule has 6 heteroatoms. The average Bonchev–Trinajstić information content (AvgIpc) is 3.26. The first-order chi connectivity index (χ1) is 15.4. The SMILES string of the molecule is CC(=O)c1ccc(S(=O)(=O)N(Cc2ccccc2)C2CCN(Cc3ccccc3)C2)cc1. The van der Waals surface area contributed by atoms with Gasteiger partial charge in [-0.1, -0.05) is 72.8 Å². The number of Topliss-reactive ketones (excluding diaryl/α,β-unsaturated/α-hetero) is 1. The number of benzene rings is 3. The summed E-state index contributed by atoms with van der Waals surface area (Å²) in [4.78, 5) is 14.1. The van der Waals surface area contributed by atoms with Gasteiger partial charge < -0.3 is 0 Å². The Morgan fingerprint density at radius 1 is 0.906 bits per heavy atom.